The molecule has 1 heterocycles. The fourth-order valence-electron chi connectivity index (χ4n) is 12.4. The molecular formula is C72H62N2. The van der Waals surface area contributed by atoms with Gasteiger partial charge in [0.1, 0.15) is 0 Å². The maximum absolute atomic E-state index is 2.48. The maximum Gasteiger partial charge on any atom is 0.0541 e. The van der Waals surface area contributed by atoms with E-state index in [0.29, 0.717) is 0 Å². The molecule has 0 bridgehead atoms. The Morgan fingerprint density at radius 2 is 0.986 bits per heavy atom. The first kappa shape index (κ1) is 45.6. The molecule has 13 rings (SSSR count). The van der Waals surface area contributed by atoms with Crippen LogP contribution in [-0.2, 0) is 22.7 Å². The lowest BCUT2D eigenvalue weighted by Crippen LogP contribution is -2.32. The highest BCUT2D eigenvalue weighted by molar-refractivity contribution is 6.10. The largest absolute Gasteiger partial charge is 0.310 e. The van der Waals surface area contributed by atoms with Crippen molar-refractivity contribution in [2.24, 2.45) is 0 Å². The summed E-state index contributed by atoms with van der Waals surface area (Å²) in [7, 11) is 0. The number of hydrogen-bond acceptors (Lipinski definition) is 1. The molecule has 0 unspecified atom stereocenters. The quantitative estimate of drug-likeness (QED) is 0.147. The zero-order valence-electron chi connectivity index (χ0n) is 43.9. The van der Waals surface area contributed by atoms with Gasteiger partial charge in [-0.25, -0.2) is 0 Å². The third-order valence-electron chi connectivity index (χ3n) is 16.6. The summed E-state index contributed by atoms with van der Waals surface area (Å²) in [5.41, 5.74) is 27.9. The van der Waals surface area contributed by atoms with Crippen molar-refractivity contribution in [2.75, 3.05) is 4.90 Å². The minimum Gasteiger partial charge on any atom is -0.310 e. The standard InChI is InChI=1S/C72H62N2/c1-46-38-50(28-35-60(46)52-22-23-53-45-71(5,6)66(53)42-52)54-39-55(70(2,3)4)43-59(40-54)74-68-21-15-13-19-63(68)64-41-51(29-37-69(64)74)49-26-32-57(33-27-49)73(56-30-24-48(25-31-56)47-16-10-9-11-17-47)58-34-36-62-61-18-12-14-20-65(61)72(7,8)67(62)44-58/h9-44H,45H2,1-8H3. The lowest BCUT2D eigenvalue weighted by atomic mass is 9.66. The Kier molecular flexibility index (Phi) is 10.4. The summed E-state index contributed by atoms with van der Waals surface area (Å²) in [4.78, 5) is 2.41. The summed E-state index contributed by atoms with van der Waals surface area (Å²) < 4.78 is 2.48. The van der Waals surface area contributed by atoms with Crippen LogP contribution in [0.15, 0.2) is 218 Å². The average Bonchev–Trinajstić information content (AvgIpc) is 3.87. The average molecular weight is 955 g/mol. The molecule has 0 radical (unpaired) electrons. The predicted octanol–water partition coefficient (Wildman–Crippen LogP) is 19.7. The van der Waals surface area contributed by atoms with Gasteiger partial charge in [-0.1, -0.05) is 200 Å². The molecule has 74 heavy (non-hydrogen) atoms. The smallest absolute Gasteiger partial charge is 0.0541 e. The zero-order valence-corrected chi connectivity index (χ0v) is 43.9. The van der Waals surface area contributed by atoms with Gasteiger partial charge in [0.2, 0.25) is 0 Å². The Morgan fingerprint density at radius 1 is 0.405 bits per heavy atom. The van der Waals surface area contributed by atoms with E-state index in [2.05, 4.69) is 283 Å². The summed E-state index contributed by atoms with van der Waals surface area (Å²) in [6.07, 6.45) is 1.16. The van der Waals surface area contributed by atoms with Crippen LogP contribution in [0.4, 0.5) is 17.1 Å². The molecule has 0 N–H and O–H groups in total. The van der Waals surface area contributed by atoms with E-state index in [4.69, 9.17) is 0 Å². The molecule has 360 valence electrons. The number of rotatable bonds is 8. The number of anilines is 3. The summed E-state index contributed by atoms with van der Waals surface area (Å²) in [5, 5.41) is 2.49. The monoisotopic (exact) mass is 954 g/mol. The van der Waals surface area contributed by atoms with E-state index in [1.165, 1.54) is 117 Å². The summed E-state index contributed by atoms with van der Waals surface area (Å²) in [6.45, 7) is 18.7. The Morgan fingerprint density at radius 3 is 1.72 bits per heavy atom. The second kappa shape index (κ2) is 16.9. The number of para-hydroxylation sites is 1. The van der Waals surface area contributed by atoms with Crippen molar-refractivity contribution < 1.29 is 0 Å². The normalized spacial score (nSPS) is 14.1. The highest BCUT2D eigenvalue weighted by atomic mass is 15.1. The van der Waals surface area contributed by atoms with E-state index >= 15 is 0 Å². The maximum atomic E-state index is 2.48. The molecule has 0 aliphatic heterocycles. The predicted molar refractivity (Wildman–Crippen MR) is 315 cm³/mol. The minimum absolute atomic E-state index is 0.0548. The summed E-state index contributed by atoms with van der Waals surface area (Å²) in [6, 6.07) is 82.1. The molecule has 11 aromatic rings. The van der Waals surface area contributed by atoms with Crippen LogP contribution in [0.3, 0.4) is 0 Å². The number of benzene rings is 10. The van der Waals surface area contributed by atoms with Crippen LogP contribution in [-0.4, -0.2) is 4.57 Å². The third kappa shape index (κ3) is 7.53. The lowest BCUT2D eigenvalue weighted by molar-refractivity contribution is 0.456. The highest BCUT2D eigenvalue weighted by Crippen LogP contribution is 2.51. The first-order valence-electron chi connectivity index (χ1n) is 26.4. The Balaban J connectivity index is 0.876. The summed E-state index contributed by atoms with van der Waals surface area (Å²) in [5.74, 6) is 0. The van der Waals surface area contributed by atoms with Gasteiger partial charge >= 0.3 is 0 Å². The zero-order chi connectivity index (χ0) is 50.7. The van der Waals surface area contributed by atoms with Gasteiger partial charge in [-0.3, -0.25) is 0 Å². The fraction of sp³-hybridized carbons (Fsp3) is 0.167. The Labute approximate surface area is 437 Å². The second-order valence-corrected chi connectivity index (χ2v) is 23.3. The number of aromatic nitrogens is 1. The molecule has 0 atom stereocenters. The van der Waals surface area contributed by atoms with E-state index in [0.717, 1.165) is 23.5 Å². The molecule has 1 aromatic heterocycles. The highest BCUT2D eigenvalue weighted by Gasteiger charge is 2.36. The van der Waals surface area contributed by atoms with Crippen molar-refractivity contribution in [3.05, 3.63) is 252 Å². The number of aryl methyl sites for hydroxylation is 1. The third-order valence-corrected chi connectivity index (χ3v) is 16.6. The van der Waals surface area contributed by atoms with Crippen LogP contribution < -0.4 is 4.90 Å². The molecule has 2 heteroatoms. The molecule has 0 fully saturated rings. The lowest BCUT2D eigenvalue weighted by Gasteiger charge is -2.38. The van der Waals surface area contributed by atoms with Crippen LogP contribution in [0.25, 0.3) is 83.1 Å². The Bertz CT molecular complexity index is 4010. The van der Waals surface area contributed by atoms with Crippen LogP contribution in [0.2, 0.25) is 0 Å². The number of fused-ring (bicyclic) bond motifs is 7. The molecule has 0 saturated carbocycles. The van der Waals surface area contributed by atoms with Gasteiger partial charge in [-0.05, 0) is 180 Å². The number of nitrogens with zero attached hydrogens (tertiary/aromatic N) is 2. The molecule has 10 aromatic carbocycles. The fourth-order valence-corrected chi connectivity index (χ4v) is 12.4. The molecule has 2 aliphatic rings. The van der Waals surface area contributed by atoms with Crippen molar-refractivity contribution in [2.45, 2.75) is 78.1 Å². The van der Waals surface area contributed by atoms with Crippen molar-refractivity contribution >= 4 is 38.9 Å². The second-order valence-electron chi connectivity index (χ2n) is 23.3. The Hall–Kier alpha value is -8.20. The molecule has 2 nitrogen and oxygen atoms in total. The van der Waals surface area contributed by atoms with E-state index in [1.807, 2.05) is 0 Å². The molecule has 0 amide bonds. The topological polar surface area (TPSA) is 8.17 Å². The van der Waals surface area contributed by atoms with E-state index < -0.39 is 0 Å². The minimum atomic E-state index is -0.110. The van der Waals surface area contributed by atoms with E-state index in [1.54, 1.807) is 0 Å². The van der Waals surface area contributed by atoms with Crippen LogP contribution >= 0.6 is 0 Å². The van der Waals surface area contributed by atoms with E-state index in [9.17, 15) is 0 Å². The van der Waals surface area contributed by atoms with Gasteiger partial charge in [-0.2, -0.15) is 0 Å². The van der Waals surface area contributed by atoms with Crippen molar-refractivity contribution in [3.63, 3.8) is 0 Å². The van der Waals surface area contributed by atoms with Crippen LogP contribution in [0.1, 0.15) is 81.8 Å². The van der Waals surface area contributed by atoms with Crippen LogP contribution in [0, 0.1) is 6.92 Å². The van der Waals surface area contributed by atoms with Gasteiger partial charge in [0.05, 0.1) is 11.0 Å². The number of hydrogen-bond donors (Lipinski definition) is 0. The molecule has 0 saturated heterocycles. The van der Waals surface area contributed by atoms with E-state index in [-0.39, 0.29) is 16.2 Å². The van der Waals surface area contributed by atoms with Gasteiger partial charge in [-0.15, -0.1) is 0 Å². The first-order valence-corrected chi connectivity index (χ1v) is 26.4. The first-order chi connectivity index (χ1) is 35.7. The van der Waals surface area contributed by atoms with Gasteiger partial charge in [0.25, 0.3) is 0 Å². The molecule has 2 aliphatic carbocycles. The summed E-state index contributed by atoms with van der Waals surface area (Å²) >= 11 is 0. The molecular weight excluding hydrogens is 893 g/mol. The SMILES string of the molecule is Cc1cc(-c2cc(-n3c4ccccc4c4cc(-c5ccc(N(c6ccc(-c7ccccc7)cc6)c6ccc7c(c6)C(C)(C)c6ccccc6-7)cc5)ccc43)cc(C(C)(C)C)c2)ccc1-c1ccc2c(c1)C(C)(C)C2. The van der Waals surface area contributed by atoms with Gasteiger partial charge in [0.15, 0.2) is 0 Å². The van der Waals surface area contributed by atoms with Gasteiger partial charge < -0.3 is 9.47 Å². The van der Waals surface area contributed by atoms with Crippen molar-refractivity contribution in [1.82, 2.24) is 4.57 Å². The van der Waals surface area contributed by atoms with Crippen molar-refractivity contribution in [1.29, 1.82) is 0 Å². The molecule has 0 spiro atoms. The van der Waals surface area contributed by atoms with Gasteiger partial charge in [0, 0.05) is 38.9 Å². The van der Waals surface area contributed by atoms with Crippen LogP contribution in [0.5, 0.6) is 0 Å². The van der Waals surface area contributed by atoms with Crippen molar-refractivity contribution in [3.8, 4) is 61.3 Å².